The molecule has 4 atom stereocenters. The Bertz CT molecular complexity index is 760. The molecular formula is C18H24N4O4. The van der Waals surface area contributed by atoms with Crippen LogP contribution < -0.4 is 0 Å². The Morgan fingerprint density at radius 2 is 2.35 bits per heavy atom. The molecule has 4 heterocycles. The Kier molecular flexibility index (Phi) is 4.11. The molecule has 1 aromatic heterocycles. The van der Waals surface area contributed by atoms with E-state index in [-0.39, 0.29) is 17.9 Å². The first-order valence-corrected chi connectivity index (χ1v) is 8.83. The lowest BCUT2D eigenvalue weighted by atomic mass is 9.76. The third-order valence-corrected chi connectivity index (χ3v) is 5.70. The summed E-state index contributed by atoms with van der Waals surface area (Å²) >= 11 is 0. The number of carbonyl (C=O) groups is 2. The third kappa shape index (κ3) is 2.47. The van der Waals surface area contributed by atoms with E-state index in [1.54, 1.807) is 30.2 Å². The van der Waals surface area contributed by atoms with Crippen LogP contribution in [0.15, 0.2) is 24.5 Å². The van der Waals surface area contributed by atoms with E-state index in [4.69, 9.17) is 9.47 Å². The van der Waals surface area contributed by atoms with E-state index >= 15 is 0 Å². The number of aryl methyl sites for hydroxylation is 1. The van der Waals surface area contributed by atoms with E-state index in [2.05, 4.69) is 4.98 Å². The van der Waals surface area contributed by atoms with Gasteiger partial charge < -0.3 is 23.8 Å². The molecule has 8 heteroatoms. The Morgan fingerprint density at radius 1 is 1.54 bits per heavy atom. The third-order valence-electron chi connectivity index (χ3n) is 5.70. The zero-order chi connectivity index (χ0) is 18.5. The van der Waals surface area contributed by atoms with Crippen molar-refractivity contribution in [2.75, 3.05) is 33.9 Å². The maximum atomic E-state index is 13.2. The second-order valence-corrected chi connectivity index (χ2v) is 7.30. The SMILES string of the molecule is COCCN1C[C@]23C=C[C@H](O2)C(C(=O)N(C)Cc2nccn2C)C3C1=O. The Hall–Kier alpha value is -2.19. The van der Waals surface area contributed by atoms with E-state index in [9.17, 15) is 9.59 Å². The fourth-order valence-corrected chi connectivity index (χ4v) is 4.34. The lowest BCUT2D eigenvalue weighted by Crippen LogP contribution is -2.44. The number of ether oxygens (including phenoxy) is 2. The molecule has 140 valence electrons. The van der Waals surface area contributed by atoms with E-state index < -0.39 is 17.4 Å². The van der Waals surface area contributed by atoms with Crippen LogP contribution in [0.3, 0.4) is 0 Å². The molecule has 2 unspecified atom stereocenters. The molecule has 2 fully saturated rings. The second kappa shape index (κ2) is 6.21. The molecule has 8 nitrogen and oxygen atoms in total. The summed E-state index contributed by atoms with van der Waals surface area (Å²) in [7, 11) is 5.26. The molecule has 2 saturated heterocycles. The number of nitrogens with zero attached hydrogens (tertiary/aromatic N) is 4. The number of aromatic nitrogens is 2. The smallest absolute Gasteiger partial charge is 0.230 e. The predicted octanol–water partition coefficient (Wildman–Crippen LogP) is -0.193. The number of imidazole rings is 1. The quantitative estimate of drug-likeness (QED) is 0.657. The van der Waals surface area contributed by atoms with E-state index in [0.29, 0.717) is 26.2 Å². The van der Waals surface area contributed by atoms with Gasteiger partial charge in [0.25, 0.3) is 0 Å². The van der Waals surface area contributed by atoms with Crippen LogP contribution in [0.2, 0.25) is 0 Å². The number of methoxy groups -OCH3 is 1. The molecule has 4 rings (SSSR count). The molecule has 0 aliphatic carbocycles. The number of rotatable bonds is 6. The molecule has 1 spiro atoms. The van der Waals surface area contributed by atoms with Crippen molar-refractivity contribution >= 4 is 11.8 Å². The summed E-state index contributed by atoms with van der Waals surface area (Å²) in [5.41, 5.74) is -0.667. The zero-order valence-electron chi connectivity index (χ0n) is 15.3. The summed E-state index contributed by atoms with van der Waals surface area (Å²) in [4.78, 5) is 33.8. The van der Waals surface area contributed by atoms with Crippen LogP contribution in [0, 0.1) is 11.8 Å². The fourth-order valence-electron chi connectivity index (χ4n) is 4.34. The Labute approximate surface area is 152 Å². The van der Waals surface area contributed by atoms with Crippen LogP contribution in [0.1, 0.15) is 5.82 Å². The topological polar surface area (TPSA) is 76.9 Å². The Morgan fingerprint density at radius 3 is 3.04 bits per heavy atom. The van der Waals surface area contributed by atoms with Gasteiger partial charge in [-0.15, -0.1) is 0 Å². The van der Waals surface area contributed by atoms with Crippen molar-refractivity contribution in [3.8, 4) is 0 Å². The molecule has 2 bridgehead atoms. The molecular weight excluding hydrogens is 336 g/mol. The minimum Gasteiger partial charge on any atom is -0.383 e. The minimum atomic E-state index is -0.667. The van der Waals surface area contributed by atoms with Crippen LogP contribution in [-0.4, -0.2) is 76.7 Å². The van der Waals surface area contributed by atoms with E-state index in [1.807, 2.05) is 30.0 Å². The van der Waals surface area contributed by atoms with Gasteiger partial charge in [-0.25, -0.2) is 4.98 Å². The number of carbonyl (C=O) groups excluding carboxylic acids is 2. The van der Waals surface area contributed by atoms with Gasteiger partial charge in [-0.2, -0.15) is 0 Å². The van der Waals surface area contributed by atoms with Gasteiger partial charge in [0, 0.05) is 40.1 Å². The van der Waals surface area contributed by atoms with Gasteiger partial charge in [0.15, 0.2) is 0 Å². The van der Waals surface area contributed by atoms with Gasteiger partial charge in [0.05, 0.1) is 37.6 Å². The van der Waals surface area contributed by atoms with Crippen LogP contribution in [0.5, 0.6) is 0 Å². The van der Waals surface area contributed by atoms with Gasteiger partial charge in [0.2, 0.25) is 11.8 Å². The molecule has 2 amide bonds. The summed E-state index contributed by atoms with van der Waals surface area (Å²) in [5.74, 6) is -0.223. The molecule has 1 aromatic rings. The molecule has 0 saturated carbocycles. The lowest BCUT2D eigenvalue weighted by molar-refractivity contribution is -0.143. The molecule has 3 aliphatic heterocycles. The van der Waals surface area contributed by atoms with Crippen molar-refractivity contribution in [3.63, 3.8) is 0 Å². The Balaban J connectivity index is 1.53. The van der Waals surface area contributed by atoms with Gasteiger partial charge in [0.1, 0.15) is 11.4 Å². The highest BCUT2D eigenvalue weighted by Crippen LogP contribution is 2.52. The van der Waals surface area contributed by atoms with Crippen LogP contribution in [0.25, 0.3) is 0 Å². The average molecular weight is 360 g/mol. The largest absolute Gasteiger partial charge is 0.383 e. The second-order valence-electron chi connectivity index (χ2n) is 7.30. The van der Waals surface area contributed by atoms with Crippen molar-refractivity contribution in [3.05, 3.63) is 30.4 Å². The zero-order valence-corrected chi connectivity index (χ0v) is 15.3. The van der Waals surface area contributed by atoms with E-state index in [1.165, 1.54) is 0 Å². The summed E-state index contributed by atoms with van der Waals surface area (Å²) < 4.78 is 13.1. The predicted molar refractivity (Wildman–Crippen MR) is 91.9 cm³/mol. The lowest BCUT2D eigenvalue weighted by Gasteiger charge is -2.27. The summed E-state index contributed by atoms with van der Waals surface area (Å²) in [6.07, 6.45) is 7.13. The number of hydrogen-bond donors (Lipinski definition) is 0. The molecule has 0 aromatic carbocycles. The average Bonchev–Trinajstić information content (AvgIpc) is 3.35. The number of hydrogen-bond acceptors (Lipinski definition) is 5. The van der Waals surface area contributed by atoms with Crippen LogP contribution in [0.4, 0.5) is 0 Å². The number of fused-ring (bicyclic) bond motifs is 1. The molecule has 26 heavy (non-hydrogen) atoms. The van der Waals surface area contributed by atoms with Gasteiger partial charge >= 0.3 is 0 Å². The summed E-state index contributed by atoms with van der Waals surface area (Å²) in [5, 5.41) is 0. The maximum Gasteiger partial charge on any atom is 0.230 e. The van der Waals surface area contributed by atoms with Crippen molar-refractivity contribution in [2.24, 2.45) is 18.9 Å². The van der Waals surface area contributed by atoms with E-state index in [0.717, 1.165) is 5.82 Å². The minimum absolute atomic E-state index is 0.0161. The highest BCUT2D eigenvalue weighted by molar-refractivity contribution is 5.92. The van der Waals surface area contributed by atoms with Gasteiger partial charge in [-0.05, 0) is 0 Å². The summed E-state index contributed by atoms with van der Waals surface area (Å²) in [6, 6.07) is 0. The number of likely N-dealkylation sites (tertiary alicyclic amines) is 1. The van der Waals surface area contributed by atoms with Crippen LogP contribution in [-0.2, 0) is 32.7 Å². The summed E-state index contributed by atoms with van der Waals surface area (Å²) in [6.45, 7) is 1.87. The normalized spacial score (nSPS) is 31.7. The first-order chi connectivity index (χ1) is 12.5. The standard InChI is InChI=1S/C18H24N4O4/c1-20-7-6-19-13(20)10-21(2)16(23)14-12-4-5-18(26-12)11-22(8-9-25-3)17(24)15(14)18/h4-7,12,14-15H,8-11H2,1-3H3/t12-,14?,15?,18-/m0/s1. The molecule has 3 aliphatic rings. The fraction of sp³-hybridized carbons (Fsp3) is 0.611. The van der Waals surface area contributed by atoms with Crippen molar-refractivity contribution in [2.45, 2.75) is 18.2 Å². The maximum absolute atomic E-state index is 13.2. The highest BCUT2D eigenvalue weighted by Gasteiger charge is 2.66. The first-order valence-electron chi connectivity index (χ1n) is 8.83. The van der Waals surface area contributed by atoms with Crippen molar-refractivity contribution in [1.29, 1.82) is 0 Å². The monoisotopic (exact) mass is 360 g/mol. The number of amides is 2. The molecule has 0 radical (unpaired) electrons. The first kappa shape index (κ1) is 17.2. The highest BCUT2D eigenvalue weighted by atomic mass is 16.5. The van der Waals surface area contributed by atoms with Crippen molar-refractivity contribution in [1.82, 2.24) is 19.4 Å². The van der Waals surface area contributed by atoms with Crippen LogP contribution >= 0.6 is 0 Å². The molecule has 0 N–H and O–H groups in total. The van der Waals surface area contributed by atoms with Gasteiger partial charge in [-0.3, -0.25) is 9.59 Å². The van der Waals surface area contributed by atoms with Crippen molar-refractivity contribution < 1.29 is 19.1 Å². The van der Waals surface area contributed by atoms with Gasteiger partial charge in [-0.1, -0.05) is 12.2 Å².